The van der Waals surface area contributed by atoms with Crippen LogP contribution in [0.5, 0.6) is 5.75 Å². The predicted molar refractivity (Wildman–Crippen MR) is 107 cm³/mol. The van der Waals surface area contributed by atoms with Crippen LogP contribution in [0.25, 0.3) is 16.9 Å². The molecule has 0 saturated carbocycles. The molecule has 0 saturated heterocycles. The van der Waals surface area contributed by atoms with Crippen LogP contribution >= 0.6 is 0 Å². The number of aryl methyl sites for hydroxylation is 1. The molecule has 2 heterocycles. The summed E-state index contributed by atoms with van der Waals surface area (Å²) in [7, 11) is 0. The highest BCUT2D eigenvalue weighted by molar-refractivity contribution is 5.71. The van der Waals surface area contributed by atoms with Crippen molar-refractivity contribution in [1.82, 2.24) is 19.1 Å². The van der Waals surface area contributed by atoms with Crippen molar-refractivity contribution in [3.05, 3.63) is 86.8 Å². The molecule has 0 spiro atoms. The fraction of sp³-hybridized carbons (Fsp3) is 0.190. The number of fused-ring (bicyclic) bond motifs is 1. The smallest absolute Gasteiger partial charge is 0.337 e. The third-order valence-electron chi connectivity index (χ3n) is 4.67. The van der Waals surface area contributed by atoms with E-state index in [4.69, 9.17) is 4.74 Å². The molecule has 4 aromatic rings. The van der Waals surface area contributed by atoms with E-state index in [1.807, 2.05) is 62.4 Å². The van der Waals surface area contributed by atoms with Crippen LogP contribution in [0.4, 0.5) is 0 Å². The van der Waals surface area contributed by atoms with Crippen molar-refractivity contribution >= 4 is 11.2 Å². The molecular formula is C21H20N4O3. The minimum absolute atomic E-state index is 0.106. The summed E-state index contributed by atoms with van der Waals surface area (Å²) in [5.74, 6) is 0.656. The normalized spacial score (nSPS) is 11.1. The number of rotatable bonds is 5. The topological polar surface area (TPSA) is 81.9 Å². The Morgan fingerprint density at radius 3 is 2.61 bits per heavy atom. The van der Waals surface area contributed by atoms with Crippen LogP contribution in [0.1, 0.15) is 18.1 Å². The van der Waals surface area contributed by atoms with Crippen molar-refractivity contribution < 1.29 is 4.74 Å². The molecule has 0 unspecified atom stereocenters. The van der Waals surface area contributed by atoms with Crippen LogP contribution in [0, 0.1) is 6.92 Å². The first-order chi connectivity index (χ1) is 13.6. The molecule has 2 aromatic carbocycles. The second-order valence-corrected chi connectivity index (χ2v) is 6.44. The third-order valence-corrected chi connectivity index (χ3v) is 4.67. The van der Waals surface area contributed by atoms with Crippen LogP contribution in [0.15, 0.2) is 64.4 Å². The van der Waals surface area contributed by atoms with Gasteiger partial charge in [0.25, 0.3) is 5.56 Å². The van der Waals surface area contributed by atoms with Gasteiger partial charge in [0.2, 0.25) is 0 Å². The van der Waals surface area contributed by atoms with Crippen LogP contribution in [-0.4, -0.2) is 25.7 Å². The number of para-hydroxylation sites is 2. The number of hydrogen-bond acceptors (Lipinski definition) is 4. The average Bonchev–Trinajstić information content (AvgIpc) is 3.18. The van der Waals surface area contributed by atoms with E-state index in [-0.39, 0.29) is 12.1 Å². The zero-order valence-corrected chi connectivity index (χ0v) is 15.7. The first-order valence-electron chi connectivity index (χ1n) is 9.07. The Morgan fingerprint density at radius 2 is 1.82 bits per heavy atom. The minimum atomic E-state index is -0.440. The van der Waals surface area contributed by atoms with Gasteiger partial charge in [-0.1, -0.05) is 36.4 Å². The second-order valence-electron chi connectivity index (χ2n) is 6.44. The molecule has 0 aliphatic heterocycles. The van der Waals surface area contributed by atoms with E-state index in [0.717, 1.165) is 11.1 Å². The van der Waals surface area contributed by atoms with Crippen molar-refractivity contribution in [1.29, 1.82) is 0 Å². The van der Waals surface area contributed by atoms with Gasteiger partial charge < -0.3 is 9.72 Å². The summed E-state index contributed by atoms with van der Waals surface area (Å²) in [6, 6.07) is 14.9. The first kappa shape index (κ1) is 17.8. The monoisotopic (exact) mass is 376 g/mol. The quantitative estimate of drug-likeness (QED) is 0.581. The molecule has 0 aliphatic carbocycles. The number of benzene rings is 2. The van der Waals surface area contributed by atoms with E-state index in [9.17, 15) is 9.59 Å². The molecule has 2 aromatic heterocycles. The van der Waals surface area contributed by atoms with Crippen molar-refractivity contribution in [3.8, 4) is 11.4 Å². The lowest BCUT2D eigenvalue weighted by molar-refractivity contribution is 0.335. The molecule has 0 bridgehead atoms. The SMILES string of the molecule is CCOc1ccccc1Cn1c(=O)c2[nH]cnc2n(-c2ccccc2C)c1=O. The number of nitrogens with zero attached hydrogens (tertiary/aromatic N) is 3. The van der Waals surface area contributed by atoms with Gasteiger partial charge in [0.15, 0.2) is 5.65 Å². The molecule has 0 atom stereocenters. The summed E-state index contributed by atoms with van der Waals surface area (Å²) >= 11 is 0. The van der Waals surface area contributed by atoms with Crippen LogP contribution in [-0.2, 0) is 6.54 Å². The summed E-state index contributed by atoms with van der Waals surface area (Å²) in [6.45, 7) is 4.42. The zero-order valence-electron chi connectivity index (χ0n) is 15.7. The van der Waals surface area contributed by atoms with E-state index in [0.29, 0.717) is 23.7 Å². The number of hydrogen-bond donors (Lipinski definition) is 1. The maximum absolute atomic E-state index is 13.4. The summed E-state index contributed by atoms with van der Waals surface area (Å²) in [4.78, 5) is 33.4. The third kappa shape index (κ3) is 2.90. The molecular weight excluding hydrogens is 356 g/mol. The maximum atomic E-state index is 13.4. The van der Waals surface area contributed by atoms with E-state index >= 15 is 0 Å². The summed E-state index contributed by atoms with van der Waals surface area (Å²) in [5.41, 5.74) is 2.12. The van der Waals surface area contributed by atoms with Gasteiger partial charge in [-0.05, 0) is 31.5 Å². The van der Waals surface area contributed by atoms with Crippen molar-refractivity contribution in [2.24, 2.45) is 0 Å². The van der Waals surface area contributed by atoms with E-state index in [1.54, 1.807) is 0 Å². The number of aromatic amines is 1. The lowest BCUT2D eigenvalue weighted by Crippen LogP contribution is -2.40. The highest BCUT2D eigenvalue weighted by atomic mass is 16.5. The van der Waals surface area contributed by atoms with Crippen LogP contribution in [0.3, 0.4) is 0 Å². The Hall–Kier alpha value is -3.61. The molecule has 0 aliphatic rings. The molecule has 0 amide bonds. The highest BCUT2D eigenvalue weighted by Gasteiger charge is 2.18. The van der Waals surface area contributed by atoms with Gasteiger partial charge in [-0.2, -0.15) is 0 Å². The Balaban J connectivity index is 1.98. The molecule has 7 heteroatoms. The maximum Gasteiger partial charge on any atom is 0.337 e. The summed E-state index contributed by atoms with van der Waals surface area (Å²) < 4.78 is 8.34. The van der Waals surface area contributed by atoms with E-state index in [1.165, 1.54) is 15.5 Å². The molecule has 7 nitrogen and oxygen atoms in total. The number of imidazole rings is 1. The number of aromatic nitrogens is 4. The largest absolute Gasteiger partial charge is 0.494 e. The fourth-order valence-electron chi connectivity index (χ4n) is 3.32. The summed E-state index contributed by atoms with van der Waals surface area (Å²) in [5, 5.41) is 0. The van der Waals surface area contributed by atoms with Crippen molar-refractivity contribution in [2.45, 2.75) is 20.4 Å². The van der Waals surface area contributed by atoms with Gasteiger partial charge in [0.05, 0.1) is 25.2 Å². The van der Waals surface area contributed by atoms with Gasteiger partial charge in [0, 0.05) is 5.56 Å². The number of nitrogens with one attached hydrogen (secondary N) is 1. The molecule has 28 heavy (non-hydrogen) atoms. The Kier molecular flexibility index (Phi) is 4.57. The Morgan fingerprint density at radius 1 is 1.07 bits per heavy atom. The van der Waals surface area contributed by atoms with Gasteiger partial charge in [-0.3, -0.25) is 9.36 Å². The average molecular weight is 376 g/mol. The van der Waals surface area contributed by atoms with Crippen LogP contribution < -0.4 is 16.0 Å². The predicted octanol–water partition coefficient (Wildman–Crippen LogP) is 2.63. The van der Waals surface area contributed by atoms with Crippen LogP contribution in [0.2, 0.25) is 0 Å². The molecule has 142 valence electrons. The van der Waals surface area contributed by atoms with E-state index < -0.39 is 11.2 Å². The Bertz CT molecular complexity index is 1270. The first-order valence-corrected chi connectivity index (χ1v) is 9.07. The van der Waals surface area contributed by atoms with Gasteiger partial charge >= 0.3 is 5.69 Å². The van der Waals surface area contributed by atoms with Gasteiger partial charge in [-0.25, -0.2) is 14.3 Å². The fourth-order valence-corrected chi connectivity index (χ4v) is 3.32. The summed E-state index contributed by atoms with van der Waals surface area (Å²) in [6.07, 6.45) is 1.43. The molecule has 1 N–H and O–H groups in total. The molecule has 0 fully saturated rings. The number of ether oxygens (including phenoxy) is 1. The van der Waals surface area contributed by atoms with Crippen molar-refractivity contribution in [2.75, 3.05) is 6.61 Å². The van der Waals surface area contributed by atoms with Crippen molar-refractivity contribution in [3.63, 3.8) is 0 Å². The lowest BCUT2D eigenvalue weighted by Gasteiger charge is -2.15. The Labute approximate surface area is 160 Å². The molecule has 4 rings (SSSR count). The standard InChI is InChI=1S/C21H20N4O3/c1-3-28-17-11-7-5-9-15(17)12-24-20(26)18-19(23-13-22-18)25(21(24)27)16-10-6-4-8-14(16)2/h4-11,13H,3,12H2,1-2H3,(H,22,23). The van der Waals surface area contributed by atoms with Gasteiger partial charge in [-0.15, -0.1) is 0 Å². The minimum Gasteiger partial charge on any atom is -0.494 e. The van der Waals surface area contributed by atoms with Gasteiger partial charge in [0.1, 0.15) is 11.3 Å². The second kappa shape index (κ2) is 7.19. The zero-order chi connectivity index (χ0) is 19.7. The highest BCUT2D eigenvalue weighted by Crippen LogP contribution is 2.19. The number of H-pyrrole nitrogens is 1. The lowest BCUT2D eigenvalue weighted by atomic mass is 10.2. The molecule has 0 radical (unpaired) electrons. The van der Waals surface area contributed by atoms with E-state index in [2.05, 4.69) is 9.97 Å².